The van der Waals surface area contributed by atoms with Gasteiger partial charge in [-0.3, -0.25) is 13.5 Å². The molecule has 2 N–H and O–H groups in total. The van der Waals surface area contributed by atoms with Gasteiger partial charge in [0.15, 0.2) is 0 Å². The monoisotopic (exact) mass is 514 g/mol. The van der Waals surface area contributed by atoms with Crippen molar-refractivity contribution in [3.05, 3.63) is 34.9 Å². The van der Waals surface area contributed by atoms with Gasteiger partial charge < -0.3 is 10.4 Å². The summed E-state index contributed by atoms with van der Waals surface area (Å²) < 4.78 is 1.93. The molecule has 2 unspecified atom stereocenters. The molecule has 5 aliphatic carbocycles. The molecule has 1 aliphatic heterocycles. The molecule has 0 radical (unpaired) electrons. The number of nitrogens with one attached hydrogen (secondary N) is 1. The zero-order valence-electron chi connectivity index (χ0n) is 19.4. The Morgan fingerprint density at radius 1 is 1.09 bits per heavy atom. The molecular weight excluding hydrogens is 480 g/mol. The zero-order chi connectivity index (χ0) is 22.9. The molecule has 1 aromatic rings. The van der Waals surface area contributed by atoms with E-state index in [-0.39, 0.29) is 17.2 Å². The Labute approximate surface area is 205 Å². The van der Waals surface area contributed by atoms with Crippen molar-refractivity contribution in [2.24, 2.45) is 29.6 Å². The summed E-state index contributed by atoms with van der Waals surface area (Å²) in [4.78, 5) is 26.1. The van der Waals surface area contributed by atoms with E-state index < -0.39 is 11.9 Å². The highest BCUT2D eigenvalue weighted by Gasteiger charge is 2.53. The fraction of sp³-hybridized carbons (Fsp3) is 0.704. The molecule has 1 heterocycles. The van der Waals surface area contributed by atoms with Crippen LogP contribution in [0.1, 0.15) is 85.7 Å². The van der Waals surface area contributed by atoms with Crippen LogP contribution in [0.4, 0.5) is 0 Å². The second-order valence-electron chi connectivity index (χ2n) is 11.8. The summed E-state index contributed by atoms with van der Waals surface area (Å²) in [5.74, 6) is 1.84. The molecule has 1 amide bonds. The number of carboxylic acid groups (broad SMARTS) is 1. The predicted octanol–water partition coefficient (Wildman–Crippen LogP) is 5.09. The van der Waals surface area contributed by atoms with Crippen LogP contribution in [-0.4, -0.2) is 40.0 Å². The van der Waals surface area contributed by atoms with E-state index in [0.717, 1.165) is 60.9 Å². The minimum Gasteiger partial charge on any atom is -0.481 e. The van der Waals surface area contributed by atoms with E-state index in [2.05, 4.69) is 27.5 Å². The summed E-state index contributed by atoms with van der Waals surface area (Å²) in [6.07, 6.45) is 9.26. The van der Waals surface area contributed by atoms with Crippen LogP contribution in [0.25, 0.3) is 0 Å². The first kappa shape index (κ1) is 22.1. The van der Waals surface area contributed by atoms with Crippen molar-refractivity contribution in [3.63, 3.8) is 0 Å². The second kappa shape index (κ2) is 8.08. The van der Waals surface area contributed by atoms with Gasteiger partial charge in [-0.25, -0.2) is 0 Å². The van der Waals surface area contributed by atoms with Gasteiger partial charge in [-0.05, 0) is 117 Å². The molecule has 4 saturated carbocycles. The molecule has 6 aliphatic rings. The van der Waals surface area contributed by atoms with Crippen LogP contribution in [0.5, 0.6) is 0 Å². The molecule has 1 aromatic carbocycles. The molecular formula is C27H35BrN2O3. The van der Waals surface area contributed by atoms with Gasteiger partial charge in [-0.2, -0.15) is 0 Å². The van der Waals surface area contributed by atoms with E-state index in [0.29, 0.717) is 17.9 Å². The van der Waals surface area contributed by atoms with Crippen LogP contribution < -0.4 is 5.32 Å². The van der Waals surface area contributed by atoms with Crippen LogP contribution in [0, 0.1) is 29.6 Å². The van der Waals surface area contributed by atoms with Crippen molar-refractivity contribution in [2.45, 2.75) is 75.7 Å². The Morgan fingerprint density at radius 3 is 2.33 bits per heavy atom. The van der Waals surface area contributed by atoms with Gasteiger partial charge in [0, 0.05) is 11.6 Å². The Kier molecular flexibility index (Phi) is 5.41. The van der Waals surface area contributed by atoms with E-state index in [1.807, 2.05) is 23.0 Å². The number of hydrogen-bond donors (Lipinski definition) is 2. The maximum absolute atomic E-state index is 14.1. The summed E-state index contributed by atoms with van der Waals surface area (Å²) in [5.41, 5.74) is 2.96. The number of piperidine rings is 1. The fourth-order valence-electron chi connectivity index (χ4n) is 8.78. The largest absolute Gasteiger partial charge is 0.481 e. The predicted molar refractivity (Wildman–Crippen MR) is 130 cm³/mol. The maximum atomic E-state index is 14.1. The number of carbonyl (C=O) groups is 2. The topological polar surface area (TPSA) is 69.6 Å². The van der Waals surface area contributed by atoms with Gasteiger partial charge in [0.2, 0.25) is 0 Å². The Morgan fingerprint density at radius 2 is 1.73 bits per heavy atom. The van der Waals surface area contributed by atoms with E-state index >= 15 is 0 Å². The first-order valence-corrected chi connectivity index (χ1v) is 13.6. The molecule has 0 aromatic heterocycles. The molecule has 5 nitrogen and oxygen atoms in total. The molecule has 33 heavy (non-hydrogen) atoms. The number of halogens is 1. The number of amides is 1. The molecule has 1 saturated heterocycles. The molecule has 7 rings (SSSR count). The third-order valence-corrected chi connectivity index (χ3v) is 10.8. The highest BCUT2D eigenvalue weighted by molar-refractivity contribution is 9.07. The van der Waals surface area contributed by atoms with Crippen molar-refractivity contribution in [1.82, 2.24) is 9.24 Å². The zero-order valence-corrected chi connectivity index (χ0v) is 21.0. The Bertz CT molecular complexity index is 944. The van der Waals surface area contributed by atoms with E-state index in [4.69, 9.17) is 0 Å². The molecule has 5 fully saturated rings. The first-order valence-electron chi connectivity index (χ1n) is 12.9. The Balaban J connectivity index is 1.38. The van der Waals surface area contributed by atoms with Gasteiger partial charge in [-0.1, -0.05) is 19.1 Å². The van der Waals surface area contributed by atoms with E-state index in [1.165, 1.54) is 32.1 Å². The number of nitrogens with zero attached hydrogens (tertiary/aromatic N) is 1. The van der Waals surface area contributed by atoms with Crippen molar-refractivity contribution in [2.75, 3.05) is 13.1 Å². The molecule has 2 atom stereocenters. The summed E-state index contributed by atoms with van der Waals surface area (Å²) in [6.45, 7) is 3.67. The van der Waals surface area contributed by atoms with Crippen LogP contribution in [0.2, 0.25) is 0 Å². The SMILES string of the molecule is CC(C(=O)O)C1CC2(CCNCC2)c2c(C(=O)N(Br)C3C4CC5CC(C4)CC3C5)cccc21. The lowest BCUT2D eigenvalue weighted by Crippen LogP contribution is -2.54. The Hall–Kier alpha value is -1.40. The van der Waals surface area contributed by atoms with Crippen molar-refractivity contribution in [1.29, 1.82) is 0 Å². The smallest absolute Gasteiger partial charge is 0.306 e. The van der Waals surface area contributed by atoms with E-state index in [1.54, 1.807) is 0 Å². The highest BCUT2D eigenvalue weighted by Crippen LogP contribution is 2.57. The highest BCUT2D eigenvalue weighted by atomic mass is 79.9. The van der Waals surface area contributed by atoms with Crippen molar-refractivity contribution >= 4 is 28.0 Å². The molecule has 178 valence electrons. The summed E-state index contributed by atoms with van der Waals surface area (Å²) in [7, 11) is 0. The van der Waals surface area contributed by atoms with E-state index in [9.17, 15) is 14.7 Å². The summed E-state index contributed by atoms with van der Waals surface area (Å²) >= 11 is 3.80. The minimum atomic E-state index is -0.746. The molecule has 1 spiro atoms. The average molecular weight is 515 g/mol. The second-order valence-corrected chi connectivity index (χ2v) is 12.5. The number of carboxylic acids is 1. The quantitative estimate of drug-likeness (QED) is 0.548. The van der Waals surface area contributed by atoms with Crippen LogP contribution in [-0.2, 0) is 10.2 Å². The van der Waals surface area contributed by atoms with Gasteiger partial charge in [0.1, 0.15) is 0 Å². The molecule has 6 heteroatoms. The fourth-order valence-corrected chi connectivity index (χ4v) is 9.64. The van der Waals surface area contributed by atoms with Crippen LogP contribution in [0.3, 0.4) is 0 Å². The molecule has 4 bridgehead atoms. The van der Waals surface area contributed by atoms with Crippen LogP contribution in [0.15, 0.2) is 18.2 Å². The summed E-state index contributed by atoms with van der Waals surface area (Å²) in [6, 6.07) is 6.36. The standard InChI is InChI=1S/C27H35BrN2O3/c1-15(26(32)33)22-14-27(5-7-29-8-6-27)23-20(22)3-2-4-21(23)25(31)30(28)24-18-10-16-9-17(12-18)13-19(24)11-16/h2-4,15-19,22,24,29H,5-14H2,1H3,(H,32,33). The number of rotatable bonds is 4. The minimum absolute atomic E-state index is 0.0340. The van der Waals surface area contributed by atoms with Crippen LogP contribution >= 0.6 is 16.1 Å². The number of benzene rings is 1. The van der Waals surface area contributed by atoms with Gasteiger partial charge in [-0.15, -0.1) is 0 Å². The lowest BCUT2D eigenvalue weighted by Gasteiger charge is -2.56. The summed E-state index contributed by atoms with van der Waals surface area (Å²) in [5, 5.41) is 13.3. The number of carbonyl (C=O) groups excluding carboxylic acids is 1. The van der Waals surface area contributed by atoms with Gasteiger partial charge in [0.25, 0.3) is 5.91 Å². The number of fused-ring (bicyclic) bond motifs is 2. The lowest BCUT2D eigenvalue weighted by atomic mass is 9.54. The third kappa shape index (κ3) is 3.42. The van der Waals surface area contributed by atoms with Gasteiger partial charge >= 0.3 is 5.97 Å². The lowest BCUT2D eigenvalue weighted by molar-refractivity contribution is -0.142. The van der Waals surface area contributed by atoms with Crippen molar-refractivity contribution in [3.8, 4) is 0 Å². The van der Waals surface area contributed by atoms with Crippen molar-refractivity contribution < 1.29 is 14.7 Å². The number of hydrogen-bond acceptors (Lipinski definition) is 3. The van der Waals surface area contributed by atoms with Gasteiger partial charge in [0.05, 0.1) is 22.1 Å². The third-order valence-electron chi connectivity index (χ3n) is 10.1. The maximum Gasteiger partial charge on any atom is 0.306 e. The first-order chi connectivity index (χ1) is 15.9. The number of aliphatic carboxylic acids is 1. The average Bonchev–Trinajstić information content (AvgIpc) is 3.11. The normalized spacial score (nSPS) is 36.5.